The van der Waals surface area contributed by atoms with Gasteiger partial charge >= 0.3 is 0 Å². The van der Waals surface area contributed by atoms with Crippen molar-refractivity contribution in [3.8, 4) is 0 Å². The van der Waals surface area contributed by atoms with Crippen LogP contribution in [-0.4, -0.2) is 17.6 Å². The highest BCUT2D eigenvalue weighted by atomic mass is 32.1. The lowest BCUT2D eigenvalue weighted by Gasteiger charge is -2.14. The van der Waals surface area contributed by atoms with E-state index in [2.05, 4.69) is 36.3 Å². The lowest BCUT2D eigenvalue weighted by molar-refractivity contribution is 0.0911. The number of hydrogen-bond donors (Lipinski definition) is 1. The molecule has 0 fully saturated rings. The highest BCUT2D eigenvalue weighted by Gasteiger charge is 2.17. The molecule has 108 valence electrons. The lowest BCUT2D eigenvalue weighted by atomic mass is 10.1. The normalized spacial score (nSPS) is 12.8. The molecule has 1 N–H and O–H groups in total. The first kappa shape index (κ1) is 15.2. The Labute approximate surface area is 125 Å². The van der Waals surface area contributed by atoms with Crippen molar-refractivity contribution in [3.63, 3.8) is 0 Å². The van der Waals surface area contributed by atoms with E-state index in [4.69, 9.17) is 4.74 Å². The molecule has 0 radical (unpaired) electrons. The maximum atomic E-state index is 5.88. The number of ether oxygens (including phenoxy) is 1. The number of thiazole rings is 1. The van der Waals surface area contributed by atoms with Crippen LogP contribution in [0.1, 0.15) is 42.3 Å². The Kier molecular flexibility index (Phi) is 5.71. The monoisotopic (exact) mass is 290 g/mol. The van der Waals surface area contributed by atoms with Crippen molar-refractivity contribution in [2.75, 3.05) is 6.61 Å². The zero-order chi connectivity index (χ0) is 14.4. The molecule has 0 bridgehead atoms. The molecule has 4 heteroatoms. The fourth-order valence-corrected chi connectivity index (χ4v) is 2.88. The van der Waals surface area contributed by atoms with Crippen LogP contribution < -0.4 is 5.32 Å². The summed E-state index contributed by atoms with van der Waals surface area (Å²) in [7, 11) is 0. The molecule has 0 aliphatic carbocycles. The van der Waals surface area contributed by atoms with Gasteiger partial charge in [-0.2, -0.15) is 0 Å². The average Bonchev–Trinajstić information content (AvgIpc) is 2.92. The van der Waals surface area contributed by atoms with Gasteiger partial charge in [0.1, 0.15) is 11.1 Å². The molecule has 3 nitrogen and oxygen atoms in total. The number of nitrogens with one attached hydrogen (secondary N) is 1. The highest BCUT2D eigenvalue weighted by Crippen LogP contribution is 2.29. The lowest BCUT2D eigenvalue weighted by Crippen LogP contribution is -2.21. The quantitative estimate of drug-likeness (QED) is 0.843. The minimum atomic E-state index is -0.0565. The Morgan fingerprint density at radius 2 is 2.00 bits per heavy atom. The first-order valence-electron chi connectivity index (χ1n) is 7.05. The Morgan fingerprint density at radius 3 is 2.65 bits per heavy atom. The van der Waals surface area contributed by atoms with E-state index in [0.717, 1.165) is 17.1 Å². The molecule has 0 amide bonds. The van der Waals surface area contributed by atoms with Gasteiger partial charge < -0.3 is 10.1 Å². The highest BCUT2D eigenvalue weighted by molar-refractivity contribution is 7.11. The fraction of sp³-hybridized carbons (Fsp3) is 0.438. The summed E-state index contributed by atoms with van der Waals surface area (Å²) in [5, 5.41) is 4.44. The van der Waals surface area contributed by atoms with Crippen molar-refractivity contribution in [2.24, 2.45) is 0 Å². The molecule has 1 unspecified atom stereocenters. The molecule has 0 spiro atoms. The van der Waals surface area contributed by atoms with Crippen LogP contribution in [-0.2, 0) is 11.3 Å². The third-order valence-corrected chi connectivity index (χ3v) is 3.96. The van der Waals surface area contributed by atoms with Gasteiger partial charge in [-0.15, -0.1) is 11.3 Å². The van der Waals surface area contributed by atoms with Gasteiger partial charge in [0.25, 0.3) is 0 Å². The molecule has 0 saturated heterocycles. The van der Waals surface area contributed by atoms with Gasteiger partial charge in [-0.25, -0.2) is 4.98 Å². The Bertz CT molecular complexity index is 510. The summed E-state index contributed by atoms with van der Waals surface area (Å²) in [6, 6.07) is 10.8. The molecule has 1 atom stereocenters. The maximum absolute atomic E-state index is 5.88. The number of hydrogen-bond acceptors (Lipinski definition) is 4. The second-order valence-electron chi connectivity index (χ2n) is 4.95. The van der Waals surface area contributed by atoms with Crippen LogP contribution in [0.4, 0.5) is 0 Å². The van der Waals surface area contributed by atoms with Gasteiger partial charge in [-0.1, -0.05) is 44.2 Å². The first-order chi connectivity index (χ1) is 9.70. The van der Waals surface area contributed by atoms with Crippen molar-refractivity contribution < 1.29 is 4.74 Å². The molecule has 0 aliphatic heterocycles. The molecule has 0 aliphatic rings. The van der Waals surface area contributed by atoms with Crippen LogP contribution >= 0.6 is 11.3 Å². The van der Waals surface area contributed by atoms with E-state index in [-0.39, 0.29) is 6.10 Å². The summed E-state index contributed by atoms with van der Waals surface area (Å²) < 4.78 is 5.88. The van der Waals surface area contributed by atoms with Gasteiger partial charge in [-0.3, -0.25) is 0 Å². The van der Waals surface area contributed by atoms with Crippen LogP contribution in [0.3, 0.4) is 0 Å². The van der Waals surface area contributed by atoms with E-state index < -0.39 is 0 Å². The number of rotatable bonds is 7. The molecule has 1 aromatic carbocycles. The number of nitrogens with zero attached hydrogens (tertiary/aromatic N) is 1. The number of benzene rings is 1. The number of aromatic nitrogens is 1. The Balaban J connectivity index is 2.14. The second-order valence-corrected chi connectivity index (χ2v) is 6.09. The summed E-state index contributed by atoms with van der Waals surface area (Å²) in [4.78, 5) is 5.79. The van der Waals surface area contributed by atoms with E-state index in [1.54, 1.807) is 11.3 Å². The standard InChI is InChI=1S/C16H22N2OS/c1-4-19-15(13-8-6-5-7-9-13)16-18-11-14(20-16)10-17-12(2)3/h5-9,11-12,15,17H,4,10H2,1-3H3. The zero-order valence-corrected chi connectivity index (χ0v) is 13.1. The van der Waals surface area contributed by atoms with Crippen LogP contribution in [0.15, 0.2) is 36.5 Å². The van der Waals surface area contributed by atoms with Gasteiger partial charge in [0.05, 0.1) is 0 Å². The van der Waals surface area contributed by atoms with Crippen LogP contribution in [0.2, 0.25) is 0 Å². The van der Waals surface area contributed by atoms with Crippen LogP contribution in [0.5, 0.6) is 0 Å². The first-order valence-corrected chi connectivity index (χ1v) is 7.87. The predicted molar refractivity (Wildman–Crippen MR) is 84.0 cm³/mol. The Morgan fingerprint density at radius 1 is 1.25 bits per heavy atom. The zero-order valence-electron chi connectivity index (χ0n) is 12.3. The summed E-state index contributed by atoms with van der Waals surface area (Å²) in [6.07, 6.45) is 1.89. The van der Waals surface area contributed by atoms with Gasteiger partial charge in [0.2, 0.25) is 0 Å². The van der Waals surface area contributed by atoms with E-state index >= 15 is 0 Å². The molecule has 0 saturated carbocycles. The molecule has 20 heavy (non-hydrogen) atoms. The molecular weight excluding hydrogens is 268 g/mol. The van der Waals surface area contributed by atoms with Crippen LogP contribution in [0, 0.1) is 0 Å². The summed E-state index contributed by atoms with van der Waals surface area (Å²) in [5.41, 5.74) is 1.16. The second kappa shape index (κ2) is 7.53. The van der Waals surface area contributed by atoms with Gasteiger partial charge in [0.15, 0.2) is 0 Å². The SMILES string of the molecule is CCOC(c1ccccc1)c1ncc(CNC(C)C)s1. The third kappa shape index (κ3) is 4.13. The van der Waals surface area contributed by atoms with E-state index in [9.17, 15) is 0 Å². The average molecular weight is 290 g/mol. The van der Waals surface area contributed by atoms with Crippen molar-refractivity contribution in [1.29, 1.82) is 0 Å². The van der Waals surface area contributed by atoms with Crippen molar-refractivity contribution in [2.45, 2.75) is 39.5 Å². The van der Waals surface area contributed by atoms with Crippen molar-refractivity contribution >= 4 is 11.3 Å². The fourth-order valence-electron chi connectivity index (χ4n) is 1.93. The van der Waals surface area contributed by atoms with E-state index in [0.29, 0.717) is 12.6 Å². The van der Waals surface area contributed by atoms with Crippen molar-refractivity contribution in [3.05, 3.63) is 52.0 Å². The largest absolute Gasteiger partial charge is 0.367 e. The minimum Gasteiger partial charge on any atom is -0.367 e. The van der Waals surface area contributed by atoms with Crippen molar-refractivity contribution in [1.82, 2.24) is 10.3 Å². The molecule has 1 heterocycles. The molecule has 2 aromatic rings. The van der Waals surface area contributed by atoms with Gasteiger partial charge in [-0.05, 0) is 12.5 Å². The summed E-state index contributed by atoms with van der Waals surface area (Å²) >= 11 is 1.72. The predicted octanol–water partition coefficient (Wildman–Crippen LogP) is 3.77. The molecular formula is C16H22N2OS. The Hall–Kier alpha value is -1.23. The van der Waals surface area contributed by atoms with E-state index in [1.807, 2.05) is 31.3 Å². The van der Waals surface area contributed by atoms with E-state index in [1.165, 1.54) is 4.88 Å². The summed E-state index contributed by atoms with van der Waals surface area (Å²) in [5.74, 6) is 0. The summed E-state index contributed by atoms with van der Waals surface area (Å²) in [6.45, 7) is 7.86. The topological polar surface area (TPSA) is 34.1 Å². The third-order valence-electron chi connectivity index (χ3n) is 2.92. The molecule has 2 rings (SSSR count). The van der Waals surface area contributed by atoms with Gasteiger partial charge in [0, 0.05) is 30.3 Å². The van der Waals surface area contributed by atoms with Crippen LogP contribution in [0.25, 0.3) is 0 Å². The minimum absolute atomic E-state index is 0.0565. The molecule has 1 aromatic heterocycles. The maximum Gasteiger partial charge on any atom is 0.134 e. The smallest absolute Gasteiger partial charge is 0.134 e.